The largest absolute Gasteiger partial charge is 0.405 e. The Bertz CT molecular complexity index is 838. The van der Waals surface area contributed by atoms with Gasteiger partial charge in [0, 0.05) is 5.56 Å². The molecule has 0 fully saturated rings. The van der Waals surface area contributed by atoms with Crippen LogP contribution in [0.15, 0.2) is 36.4 Å². The highest BCUT2D eigenvalue weighted by atomic mass is 19.4. The van der Waals surface area contributed by atoms with Crippen LogP contribution < -0.4 is 10.6 Å². The summed E-state index contributed by atoms with van der Waals surface area (Å²) in [6.45, 7) is 2.34. The predicted octanol–water partition coefficient (Wildman–Crippen LogP) is 5.63. The monoisotopic (exact) mass is 440 g/mol. The van der Waals surface area contributed by atoms with E-state index in [4.69, 9.17) is 0 Å². The number of ketones is 1. The molecule has 0 aromatic heterocycles. The molecule has 0 aliphatic heterocycles. The second-order valence-corrected chi connectivity index (χ2v) is 5.04. The van der Waals surface area contributed by atoms with E-state index in [-0.39, 0.29) is 5.56 Å². The number of halogens is 7. The van der Waals surface area contributed by atoms with Gasteiger partial charge in [-0.15, -0.1) is 0 Å². The van der Waals surface area contributed by atoms with Crippen LogP contribution in [0.4, 0.5) is 41.2 Å². The van der Waals surface area contributed by atoms with Crippen LogP contribution in [0.3, 0.4) is 0 Å². The first-order valence-corrected chi connectivity index (χ1v) is 8.36. The molecule has 2 aromatic rings. The fraction of sp³-hybridized carbons (Fsp3) is 0.263. The van der Waals surface area contributed by atoms with Crippen LogP contribution in [0.2, 0.25) is 0 Å². The molecule has 0 atom stereocenters. The predicted molar refractivity (Wildman–Crippen MR) is 97.6 cm³/mol. The molecule has 0 aliphatic carbocycles. The molecule has 2 N–H and O–H groups in total. The molecule has 11 heteroatoms. The number of nitrogens with one attached hydrogen (secondary N) is 2. The summed E-state index contributed by atoms with van der Waals surface area (Å²) in [5.41, 5.74) is -1.66. The molecule has 0 spiro atoms. The summed E-state index contributed by atoms with van der Waals surface area (Å²) in [6, 6.07) is 3.88. The van der Waals surface area contributed by atoms with Gasteiger partial charge in [0.05, 0.1) is 18.4 Å². The first-order chi connectivity index (χ1) is 14.1. The van der Waals surface area contributed by atoms with E-state index in [1.165, 1.54) is 5.32 Å². The van der Waals surface area contributed by atoms with E-state index in [0.717, 1.165) is 30.3 Å². The fourth-order valence-electron chi connectivity index (χ4n) is 1.97. The molecule has 0 aliphatic rings. The number of rotatable bonds is 4. The summed E-state index contributed by atoms with van der Waals surface area (Å²) < 4.78 is 86.3. The molecule has 2 aromatic carbocycles. The summed E-state index contributed by atoms with van der Waals surface area (Å²) in [7, 11) is 0.500. The Morgan fingerprint density at radius 1 is 0.900 bits per heavy atom. The number of anilines is 1. The van der Waals surface area contributed by atoms with Gasteiger partial charge < -0.3 is 10.6 Å². The van der Waals surface area contributed by atoms with E-state index < -0.39 is 53.2 Å². The average molecular weight is 440 g/mol. The number of alkyl halides is 4. The van der Waals surface area contributed by atoms with Crippen molar-refractivity contribution in [2.24, 2.45) is 0 Å². The Labute approximate surface area is 168 Å². The van der Waals surface area contributed by atoms with Gasteiger partial charge in [-0.05, 0) is 36.4 Å². The van der Waals surface area contributed by atoms with Crippen LogP contribution >= 0.6 is 0 Å². The Balaban J connectivity index is 0.00000198. The first-order valence-electron chi connectivity index (χ1n) is 8.36. The molecule has 0 heterocycles. The molecule has 30 heavy (non-hydrogen) atoms. The summed E-state index contributed by atoms with van der Waals surface area (Å²) in [5.74, 6) is -4.77. The lowest BCUT2D eigenvalue weighted by molar-refractivity contribution is -0.122. The Kier molecular flexibility index (Phi) is 11.2. The number of hydrogen-bond acceptors (Lipinski definition) is 2. The summed E-state index contributed by atoms with van der Waals surface area (Å²) >= 11 is 0. The van der Waals surface area contributed by atoms with Crippen molar-refractivity contribution in [3.8, 4) is 0 Å². The van der Waals surface area contributed by atoms with Gasteiger partial charge >= 0.3 is 12.2 Å². The van der Waals surface area contributed by atoms with Crippen molar-refractivity contribution in [2.45, 2.75) is 20.0 Å². The fourth-order valence-corrected chi connectivity index (χ4v) is 1.97. The van der Waals surface area contributed by atoms with Crippen LogP contribution in [0.5, 0.6) is 0 Å². The minimum Gasteiger partial charge on any atom is -0.329 e. The number of carbonyl (C=O) groups is 2. The van der Waals surface area contributed by atoms with Crippen LogP contribution in [0, 0.1) is 17.5 Å². The van der Waals surface area contributed by atoms with Crippen molar-refractivity contribution in [3.05, 3.63) is 65.0 Å². The second kappa shape index (κ2) is 12.5. The standard InChI is InChI=1S/C16H10F6N2O2.C2H6.CH3F/c17-9-3-1-8(2-4-9)14(25)12-11(6-5-10(18)13(12)19)24-15(26)23-7-16(20,21)22;2*1-2/h1-6H,7H2,(H2,23,24,26);1-2H3;1H3. The van der Waals surface area contributed by atoms with E-state index in [1.54, 1.807) is 0 Å². The van der Waals surface area contributed by atoms with Crippen molar-refractivity contribution in [1.29, 1.82) is 0 Å². The number of carbonyl (C=O) groups excluding carboxylic acids is 2. The Hall–Kier alpha value is -3.11. The smallest absolute Gasteiger partial charge is 0.329 e. The van der Waals surface area contributed by atoms with Gasteiger partial charge in [-0.2, -0.15) is 13.2 Å². The van der Waals surface area contributed by atoms with Crippen molar-refractivity contribution >= 4 is 17.5 Å². The third-order valence-electron chi connectivity index (χ3n) is 3.13. The molecule has 2 amide bonds. The van der Waals surface area contributed by atoms with E-state index in [1.807, 2.05) is 19.2 Å². The lowest BCUT2D eigenvalue weighted by atomic mass is 10.0. The summed E-state index contributed by atoms with van der Waals surface area (Å²) in [4.78, 5) is 23.9. The second-order valence-electron chi connectivity index (χ2n) is 5.04. The zero-order valence-corrected chi connectivity index (χ0v) is 16.1. The van der Waals surface area contributed by atoms with Crippen molar-refractivity contribution < 1.29 is 40.3 Å². The number of benzene rings is 2. The molecule has 4 nitrogen and oxygen atoms in total. The summed E-state index contributed by atoms with van der Waals surface area (Å²) in [5, 5.41) is 3.33. The molecule has 0 radical (unpaired) electrons. The minimum absolute atomic E-state index is 0.213. The molecule has 0 bridgehead atoms. The topological polar surface area (TPSA) is 58.2 Å². The third kappa shape index (κ3) is 8.10. The van der Waals surface area contributed by atoms with E-state index in [0.29, 0.717) is 13.2 Å². The number of amides is 2. The zero-order valence-electron chi connectivity index (χ0n) is 16.1. The van der Waals surface area contributed by atoms with Gasteiger partial charge in [0.2, 0.25) is 0 Å². The molecule has 0 saturated carbocycles. The van der Waals surface area contributed by atoms with Crippen molar-refractivity contribution in [2.75, 3.05) is 19.0 Å². The summed E-state index contributed by atoms with van der Waals surface area (Å²) in [6.07, 6.45) is -4.68. The molecule has 2 rings (SSSR count). The number of hydrogen-bond donors (Lipinski definition) is 2. The van der Waals surface area contributed by atoms with Crippen LogP contribution in [-0.4, -0.2) is 31.7 Å². The quantitative estimate of drug-likeness (QED) is 0.478. The number of urea groups is 1. The lowest BCUT2D eigenvalue weighted by Gasteiger charge is -2.13. The average Bonchev–Trinajstić information content (AvgIpc) is 2.72. The van der Waals surface area contributed by atoms with Crippen molar-refractivity contribution in [1.82, 2.24) is 5.32 Å². The van der Waals surface area contributed by atoms with Crippen LogP contribution in [0.25, 0.3) is 0 Å². The van der Waals surface area contributed by atoms with E-state index in [2.05, 4.69) is 0 Å². The van der Waals surface area contributed by atoms with Crippen LogP contribution in [-0.2, 0) is 0 Å². The first kappa shape index (κ1) is 26.9. The highest BCUT2D eigenvalue weighted by Gasteiger charge is 2.28. The third-order valence-corrected chi connectivity index (χ3v) is 3.13. The molecular weight excluding hydrogens is 421 g/mol. The van der Waals surface area contributed by atoms with Crippen LogP contribution in [0.1, 0.15) is 29.8 Å². The molecule has 0 saturated heterocycles. The van der Waals surface area contributed by atoms with Gasteiger partial charge in [0.15, 0.2) is 17.4 Å². The minimum atomic E-state index is -4.68. The van der Waals surface area contributed by atoms with Gasteiger partial charge in [0.25, 0.3) is 0 Å². The van der Waals surface area contributed by atoms with E-state index >= 15 is 0 Å². The lowest BCUT2D eigenvalue weighted by Crippen LogP contribution is -2.37. The van der Waals surface area contributed by atoms with Gasteiger partial charge in [-0.3, -0.25) is 9.18 Å². The molecule has 0 unspecified atom stereocenters. The maximum absolute atomic E-state index is 14.1. The maximum atomic E-state index is 14.1. The highest BCUT2D eigenvalue weighted by molar-refractivity contribution is 6.13. The van der Waals surface area contributed by atoms with Gasteiger partial charge in [-0.25, -0.2) is 18.0 Å². The Morgan fingerprint density at radius 3 is 1.93 bits per heavy atom. The highest BCUT2D eigenvalue weighted by Crippen LogP contribution is 2.25. The molecular formula is C19H19F7N2O2. The Morgan fingerprint density at radius 2 is 1.43 bits per heavy atom. The SMILES string of the molecule is CC.CF.O=C(NCC(F)(F)F)Nc1ccc(F)c(F)c1C(=O)c1ccc(F)cc1. The van der Waals surface area contributed by atoms with Gasteiger partial charge in [0.1, 0.15) is 12.4 Å². The van der Waals surface area contributed by atoms with Crippen molar-refractivity contribution in [3.63, 3.8) is 0 Å². The van der Waals surface area contributed by atoms with E-state index in [9.17, 15) is 40.3 Å². The van der Waals surface area contributed by atoms with Gasteiger partial charge in [-0.1, -0.05) is 13.8 Å². The normalized spacial score (nSPS) is 10.1. The molecule has 166 valence electrons. The maximum Gasteiger partial charge on any atom is 0.405 e. The zero-order chi connectivity index (χ0) is 23.5.